The summed E-state index contributed by atoms with van der Waals surface area (Å²) in [6.45, 7) is 0. The molecule has 0 aliphatic rings. The summed E-state index contributed by atoms with van der Waals surface area (Å²) < 4.78 is 0. The number of carbonyl (C=O) groups is 3. The summed E-state index contributed by atoms with van der Waals surface area (Å²) in [6, 6.07) is 34.5. The van der Waals surface area contributed by atoms with Gasteiger partial charge >= 0.3 is 0 Å². The lowest BCUT2D eigenvalue weighted by atomic mass is 10.1. The molecule has 36 heavy (non-hydrogen) atoms. The van der Waals surface area contributed by atoms with Crippen LogP contribution in [0, 0.1) is 0 Å². The molecular weight excluding hydrogens is 468 g/mol. The van der Waals surface area contributed by atoms with Crippen LogP contribution in [0.1, 0.15) is 26.3 Å². The van der Waals surface area contributed by atoms with Crippen LogP contribution in [0.4, 0.5) is 5.69 Å². The van der Waals surface area contributed by atoms with E-state index in [1.165, 1.54) is 11.8 Å². The Morgan fingerprint density at radius 1 is 0.667 bits per heavy atom. The molecule has 0 bridgehead atoms. The highest BCUT2D eigenvalue weighted by molar-refractivity contribution is 8.00. The van der Waals surface area contributed by atoms with Crippen molar-refractivity contribution in [1.29, 1.82) is 0 Å². The van der Waals surface area contributed by atoms with Gasteiger partial charge < -0.3 is 10.6 Å². The van der Waals surface area contributed by atoms with Gasteiger partial charge in [0.15, 0.2) is 5.78 Å². The maximum absolute atomic E-state index is 13.1. The maximum Gasteiger partial charge on any atom is 0.272 e. The summed E-state index contributed by atoms with van der Waals surface area (Å²) in [6.07, 6.45) is 1.63. The molecule has 4 aromatic carbocycles. The third kappa shape index (κ3) is 7.04. The van der Waals surface area contributed by atoms with Gasteiger partial charge in [-0.25, -0.2) is 0 Å². The molecule has 0 saturated carbocycles. The Bertz CT molecular complexity index is 1350. The van der Waals surface area contributed by atoms with Crippen LogP contribution < -0.4 is 10.6 Å². The average molecular weight is 493 g/mol. The summed E-state index contributed by atoms with van der Waals surface area (Å²) in [5.74, 6) is -0.432. The molecule has 0 aliphatic carbocycles. The Morgan fingerprint density at radius 2 is 1.22 bits per heavy atom. The van der Waals surface area contributed by atoms with Crippen molar-refractivity contribution in [3.05, 3.63) is 138 Å². The Kier molecular flexibility index (Phi) is 8.46. The third-order valence-electron chi connectivity index (χ3n) is 5.22. The normalized spacial score (nSPS) is 10.9. The number of ketones is 1. The van der Waals surface area contributed by atoms with Crippen LogP contribution in [0.25, 0.3) is 6.08 Å². The van der Waals surface area contributed by atoms with Gasteiger partial charge in [0.05, 0.1) is 5.75 Å². The number of nitrogens with one attached hydrogen (secondary N) is 2. The minimum atomic E-state index is -0.442. The third-order valence-corrected chi connectivity index (χ3v) is 6.23. The number of carbonyl (C=O) groups excluding carboxylic acids is 3. The van der Waals surface area contributed by atoms with Crippen molar-refractivity contribution in [2.45, 2.75) is 4.90 Å². The van der Waals surface area contributed by atoms with E-state index in [0.29, 0.717) is 22.6 Å². The van der Waals surface area contributed by atoms with Crippen molar-refractivity contribution >= 4 is 41.1 Å². The van der Waals surface area contributed by atoms with E-state index in [1.807, 2.05) is 66.7 Å². The Labute approximate surface area is 214 Å². The van der Waals surface area contributed by atoms with Crippen LogP contribution in [0.3, 0.4) is 0 Å². The molecule has 0 aliphatic heterocycles. The second-order valence-electron chi connectivity index (χ2n) is 7.85. The number of rotatable bonds is 9. The van der Waals surface area contributed by atoms with Gasteiger partial charge in [0, 0.05) is 21.7 Å². The lowest BCUT2D eigenvalue weighted by molar-refractivity contribution is -0.113. The second kappa shape index (κ2) is 12.3. The second-order valence-corrected chi connectivity index (χ2v) is 8.89. The smallest absolute Gasteiger partial charge is 0.272 e. The zero-order valence-electron chi connectivity index (χ0n) is 19.4. The Hall–Kier alpha value is -4.42. The molecule has 0 saturated heterocycles. The van der Waals surface area contributed by atoms with Crippen LogP contribution >= 0.6 is 11.8 Å². The predicted molar refractivity (Wildman–Crippen MR) is 145 cm³/mol. The first-order chi connectivity index (χ1) is 17.6. The van der Waals surface area contributed by atoms with Gasteiger partial charge in [0.25, 0.3) is 11.8 Å². The molecule has 4 aromatic rings. The van der Waals surface area contributed by atoms with E-state index < -0.39 is 5.91 Å². The van der Waals surface area contributed by atoms with E-state index in [0.717, 1.165) is 10.5 Å². The highest BCUT2D eigenvalue weighted by Crippen LogP contribution is 2.22. The molecule has 0 radical (unpaired) electrons. The molecule has 2 N–H and O–H groups in total. The first-order valence-electron chi connectivity index (χ1n) is 11.3. The fraction of sp³-hybridized carbons (Fsp3) is 0.0333. The number of anilines is 1. The molecule has 178 valence electrons. The fourth-order valence-corrected chi connectivity index (χ4v) is 4.14. The molecule has 0 fully saturated rings. The molecule has 5 nitrogen and oxygen atoms in total. The lowest BCUT2D eigenvalue weighted by Gasteiger charge is -2.12. The monoisotopic (exact) mass is 492 g/mol. The van der Waals surface area contributed by atoms with E-state index in [-0.39, 0.29) is 17.4 Å². The Balaban J connectivity index is 1.43. The quantitative estimate of drug-likeness (QED) is 0.169. The van der Waals surface area contributed by atoms with Gasteiger partial charge in [-0.05, 0) is 48.0 Å². The van der Waals surface area contributed by atoms with Gasteiger partial charge in [-0.15, -0.1) is 11.8 Å². The van der Waals surface area contributed by atoms with Crippen molar-refractivity contribution in [2.24, 2.45) is 0 Å². The van der Waals surface area contributed by atoms with Crippen molar-refractivity contribution < 1.29 is 14.4 Å². The van der Waals surface area contributed by atoms with E-state index in [2.05, 4.69) is 10.6 Å². The molecule has 2 amide bonds. The minimum Gasteiger partial charge on any atom is -0.321 e. The first kappa shape index (κ1) is 24.7. The number of Topliss-reactive ketones (excluding diaryl/α,β-unsaturated/α-hetero) is 1. The lowest BCUT2D eigenvalue weighted by Crippen LogP contribution is -2.30. The molecule has 0 atom stereocenters. The van der Waals surface area contributed by atoms with Crippen molar-refractivity contribution in [3.8, 4) is 0 Å². The van der Waals surface area contributed by atoms with Gasteiger partial charge in [-0.1, -0.05) is 78.9 Å². The topological polar surface area (TPSA) is 75.3 Å². The molecular formula is C30H24N2O3S. The summed E-state index contributed by atoms with van der Waals surface area (Å²) in [7, 11) is 0. The van der Waals surface area contributed by atoms with E-state index >= 15 is 0 Å². The highest BCUT2D eigenvalue weighted by atomic mass is 32.2. The van der Waals surface area contributed by atoms with Gasteiger partial charge in [0.1, 0.15) is 5.70 Å². The predicted octanol–water partition coefficient (Wildman–Crippen LogP) is 6.07. The number of amides is 2. The van der Waals surface area contributed by atoms with Crippen LogP contribution in [0.2, 0.25) is 0 Å². The molecule has 0 heterocycles. The number of hydrogen-bond donors (Lipinski definition) is 2. The summed E-state index contributed by atoms with van der Waals surface area (Å²) in [4.78, 5) is 39.0. The highest BCUT2D eigenvalue weighted by Gasteiger charge is 2.15. The summed E-state index contributed by atoms with van der Waals surface area (Å²) in [5, 5.41) is 5.57. The van der Waals surface area contributed by atoms with E-state index in [9.17, 15) is 14.4 Å². The summed E-state index contributed by atoms with van der Waals surface area (Å²) in [5.41, 5.74) is 2.62. The zero-order valence-corrected chi connectivity index (χ0v) is 20.2. The Morgan fingerprint density at radius 3 is 1.83 bits per heavy atom. The van der Waals surface area contributed by atoms with E-state index in [4.69, 9.17) is 0 Å². The largest absolute Gasteiger partial charge is 0.321 e. The number of hydrogen-bond acceptors (Lipinski definition) is 4. The number of thioether (sulfide) groups is 1. The van der Waals surface area contributed by atoms with Gasteiger partial charge in [0.2, 0.25) is 0 Å². The first-order valence-corrected chi connectivity index (χ1v) is 12.3. The van der Waals surface area contributed by atoms with Crippen LogP contribution in [0.15, 0.2) is 126 Å². The molecule has 0 aromatic heterocycles. The van der Waals surface area contributed by atoms with Crippen LogP contribution in [0.5, 0.6) is 0 Å². The van der Waals surface area contributed by atoms with Crippen molar-refractivity contribution in [1.82, 2.24) is 5.32 Å². The SMILES string of the molecule is O=C(Nc1ccc(SCC(=O)c2ccccc2)cc1)/C(=C/c1ccccc1)NC(=O)c1ccccc1. The van der Waals surface area contributed by atoms with Crippen LogP contribution in [-0.4, -0.2) is 23.4 Å². The van der Waals surface area contributed by atoms with E-state index in [1.54, 1.807) is 54.6 Å². The molecule has 6 heteroatoms. The standard InChI is InChI=1S/C30H24N2O3S/c33-28(23-12-6-2-7-13-23)21-36-26-18-16-25(17-19-26)31-30(35)27(20-22-10-4-1-5-11-22)32-29(34)24-14-8-3-9-15-24/h1-20H,21H2,(H,31,35)(H,32,34)/b27-20-. The summed E-state index contributed by atoms with van der Waals surface area (Å²) >= 11 is 1.43. The molecule has 0 unspecified atom stereocenters. The zero-order chi connectivity index (χ0) is 25.2. The molecule has 4 rings (SSSR count). The number of benzene rings is 4. The minimum absolute atomic E-state index is 0.0582. The molecule has 0 spiro atoms. The fourth-order valence-electron chi connectivity index (χ4n) is 3.35. The van der Waals surface area contributed by atoms with Crippen molar-refractivity contribution in [2.75, 3.05) is 11.1 Å². The van der Waals surface area contributed by atoms with Gasteiger partial charge in [-0.2, -0.15) is 0 Å². The average Bonchev–Trinajstić information content (AvgIpc) is 2.93. The van der Waals surface area contributed by atoms with Crippen LogP contribution in [-0.2, 0) is 4.79 Å². The maximum atomic E-state index is 13.1. The van der Waals surface area contributed by atoms with Gasteiger partial charge in [-0.3, -0.25) is 14.4 Å². The van der Waals surface area contributed by atoms with Crippen molar-refractivity contribution in [3.63, 3.8) is 0 Å².